The molecule has 0 fully saturated rings. The van der Waals surface area contributed by atoms with Crippen LogP contribution in [0.3, 0.4) is 0 Å². The average Bonchev–Trinajstić information content (AvgIpc) is 2.84. The molecule has 3 rings (SSSR count). The van der Waals surface area contributed by atoms with E-state index in [1.807, 2.05) is 37.3 Å². The lowest BCUT2D eigenvalue weighted by atomic mass is 10.0. The molecule has 0 spiro atoms. The molecule has 0 saturated heterocycles. The van der Waals surface area contributed by atoms with Gasteiger partial charge in [0.25, 0.3) is 0 Å². The maximum absolute atomic E-state index is 12.1. The van der Waals surface area contributed by atoms with E-state index in [-0.39, 0.29) is 18.3 Å². The molecule has 0 bridgehead atoms. The van der Waals surface area contributed by atoms with Gasteiger partial charge in [-0.2, -0.15) is 0 Å². The molecule has 0 aliphatic carbocycles. The van der Waals surface area contributed by atoms with Crippen molar-refractivity contribution in [3.8, 4) is 0 Å². The zero-order chi connectivity index (χ0) is 16.2. The van der Waals surface area contributed by atoms with Crippen molar-refractivity contribution >= 4 is 11.9 Å². The van der Waals surface area contributed by atoms with Crippen LogP contribution in [-0.2, 0) is 16.0 Å². The van der Waals surface area contributed by atoms with Gasteiger partial charge in [0, 0.05) is 12.1 Å². The van der Waals surface area contributed by atoms with Gasteiger partial charge in [-0.25, -0.2) is 4.79 Å². The van der Waals surface area contributed by atoms with Crippen LogP contribution in [0.5, 0.6) is 0 Å². The third kappa shape index (κ3) is 3.59. The molecule has 23 heavy (non-hydrogen) atoms. The molecule has 1 heterocycles. The van der Waals surface area contributed by atoms with Crippen LogP contribution in [0.25, 0.3) is 0 Å². The number of hydrogen-bond donors (Lipinski definition) is 1. The van der Waals surface area contributed by atoms with Gasteiger partial charge >= 0.3 is 5.97 Å². The second-order valence-corrected chi connectivity index (χ2v) is 5.77. The summed E-state index contributed by atoms with van der Waals surface area (Å²) in [6.07, 6.45) is 0.475. The predicted octanol–water partition coefficient (Wildman–Crippen LogP) is 2.96. The topological polar surface area (TPSA) is 55.4 Å². The molecule has 1 aliphatic rings. The van der Waals surface area contributed by atoms with Gasteiger partial charge in [0.1, 0.15) is 6.10 Å². The zero-order valence-corrected chi connectivity index (χ0v) is 13.0. The quantitative estimate of drug-likeness (QED) is 0.864. The highest BCUT2D eigenvalue weighted by molar-refractivity contribution is 5.94. The fourth-order valence-electron chi connectivity index (χ4n) is 2.83. The molecule has 0 aromatic heterocycles. The number of aryl methyl sites for hydroxylation is 1. The molecule has 0 radical (unpaired) electrons. The van der Waals surface area contributed by atoms with Crippen LogP contribution in [0.15, 0.2) is 48.5 Å². The number of cyclic esters (lactones) is 1. The molecule has 2 aromatic rings. The first-order chi connectivity index (χ1) is 11.1. The SMILES string of the molecule is Cc1cccc(CCNC(=O)C[C@H]2OC(=O)c3ccccc32)c1. The van der Waals surface area contributed by atoms with Gasteiger partial charge in [0.05, 0.1) is 12.0 Å². The molecule has 1 N–H and O–H groups in total. The van der Waals surface area contributed by atoms with Crippen LogP contribution < -0.4 is 5.32 Å². The summed E-state index contributed by atoms with van der Waals surface area (Å²) < 4.78 is 5.28. The number of rotatable bonds is 5. The first-order valence-corrected chi connectivity index (χ1v) is 7.75. The standard InChI is InChI=1S/C19H19NO3/c1-13-5-4-6-14(11-13)9-10-20-18(21)12-17-15-7-2-3-8-16(15)19(22)23-17/h2-8,11,17H,9-10,12H2,1H3,(H,20,21)/t17-/m1/s1. The van der Waals surface area contributed by atoms with Crippen molar-refractivity contribution in [3.05, 3.63) is 70.8 Å². The van der Waals surface area contributed by atoms with E-state index >= 15 is 0 Å². The van der Waals surface area contributed by atoms with Crippen molar-refractivity contribution in [2.75, 3.05) is 6.54 Å². The van der Waals surface area contributed by atoms with E-state index in [4.69, 9.17) is 4.74 Å². The summed E-state index contributed by atoms with van der Waals surface area (Å²) in [4.78, 5) is 23.8. The Morgan fingerprint density at radius 2 is 2.00 bits per heavy atom. The van der Waals surface area contributed by atoms with Gasteiger partial charge in [0.2, 0.25) is 5.91 Å². The monoisotopic (exact) mass is 309 g/mol. The highest BCUT2D eigenvalue weighted by Crippen LogP contribution is 2.32. The number of carbonyl (C=O) groups is 2. The summed E-state index contributed by atoms with van der Waals surface area (Å²) in [6, 6.07) is 15.4. The molecule has 2 aromatic carbocycles. The van der Waals surface area contributed by atoms with Gasteiger partial charge in [-0.3, -0.25) is 4.79 Å². The Balaban J connectivity index is 1.52. The highest BCUT2D eigenvalue weighted by atomic mass is 16.5. The fraction of sp³-hybridized carbons (Fsp3) is 0.263. The third-order valence-corrected chi connectivity index (χ3v) is 3.97. The van der Waals surface area contributed by atoms with Gasteiger partial charge in [-0.1, -0.05) is 48.0 Å². The molecular formula is C19H19NO3. The Bertz CT molecular complexity index is 739. The van der Waals surface area contributed by atoms with Crippen LogP contribution >= 0.6 is 0 Å². The molecule has 1 aliphatic heterocycles. The molecule has 1 amide bonds. The van der Waals surface area contributed by atoms with Crippen molar-refractivity contribution < 1.29 is 14.3 Å². The maximum Gasteiger partial charge on any atom is 0.339 e. The van der Waals surface area contributed by atoms with E-state index in [0.29, 0.717) is 12.1 Å². The third-order valence-electron chi connectivity index (χ3n) is 3.97. The minimum absolute atomic E-state index is 0.104. The first kappa shape index (κ1) is 15.3. The van der Waals surface area contributed by atoms with E-state index in [9.17, 15) is 9.59 Å². The van der Waals surface area contributed by atoms with Crippen molar-refractivity contribution in [2.24, 2.45) is 0 Å². The summed E-state index contributed by atoms with van der Waals surface area (Å²) >= 11 is 0. The summed E-state index contributed by atoms with van der Waals surface area (Å²) in [7, 11) is 0. The molecule has 118 valence electrons. The van der Waals surface area contributed by atoms with Crippen molar-refractivity contribution in [2.45, 2.75) is 25.9 Å². The highest BCUT2D eigenvalue weighted by Gasteiger charge is 2.31. The van der Waals surface area contributed by atoms with Crippen molar-refractivity contribution in [1.82, 2.24) is 5.32 Å². The molecule has 0 saturated carbocycles. The van der Waals surface area contributed by atoms with E-state index in [2.05, 4.69) is 11.4 Å². The maximum atomic E-state index is 12.1. The summed E-state index contributed by atoms with van der Waals surface area (Å²) in [5, 5.41) is 2.89. The van der Waals surface area contributed by atoms with Gasteiger partial charge < -0.3 is 10.1 Å². The Morgan fingerprint density at radius 1 is 1.17 bits per heavy atom. The fourth-order valence-corrected chi connectivity index (χ4v) is 2.83. The van der Waals surface area contributed by atoms with E-state index in [1.54, 1.807) is 12.1 Å². The van der Waals surface area contributed by atoms with Crippen molar-refractivity contribution in [3.63, 3.8) is 0 Å². The second kappa shape index (κ2) is 6.65. The van der Waals surface area contributed by atoms with Gasteiger partial charge in [-0.05, 0) is 25.0 Å². The molecule has 1 atom stereocenters. The van der Waals surface area contributed by atoms with E-state index < -0.39 is 6.10 Å². The van der Waals surface area contributed by atoms with Gasteiger partial charge in [-0.15, -0.1) is 0 Å². The lowest BCUT2D eigenvalue weighted by Gasteiger charge is -2.11. The Kier molecular flexibility index (Phi) is 4.42. The predicted molar refractivity (Wildman–Crippen MR) is 87.1 cm³/mol. The van der Waals surface area contributed by atoms with Crippen LogP contribution in [0, 0.1) is 6.92 Å². The number of benzene rings is 2. The summed E-state index contributed by atoms with van der Waals surface area (Å²) in [6.45, 7) is 2.62. The van der Waals surface area contributed by atoms with Crippen LogP contribution in [0.1, 0.15) is 39.6 Å². The molecule has 0 unspecified atom stereocenters. The molecular weight excluding hydrogens is 290 g/mol. The normalized spacial score (nSPS) is 15.9. The summed E-state index contributed by atoms with van der Waals surface area (Å²) in [5.74, 6) is -0.453. The smallest absolute Gasteiger partial charge is 0.339 e. The zero-order valence-electron chi connectivity index (χ0n) is 13.0. The number of esters is 1. The number of fused-ring (bicyclic) bond motifs is 1. The first-order valence-electron chi connectivity index (χ1n) is 7.75. The van der Waals surface area contributed by atoms with Crippen molar-refractivity contribution in [1.29, 1.82) is 0 Å². The van der Waals surface area contributed by atoms with Crippen LogP contribution in [0.4, 0.5) is 0 Å². The Morgan fingerprint density at radius 3 is 2.83 bits per heavy atom. The number of nitrogens with one attached hydrogen (secondary N) is 1. The lowest BCUT2D eigenvalue weighted by molar-refractivity contribution is -0.122. The van der Waals surface area contributed by atoms with E-state index in [1.165, 1.54) is 11.1 Å². The van der Waals surface area contributed by atoms with Crippen LogP contribution in [0.2, 0.25) is 0 Å². The second-order valence-electron chi connectivity index (χ2n) is 5.77. The minimum Gasteiger partial charge on any atom is -0.453 e. The summed E-state index contributed by atoms with van der Waals surface area (Å²) in [5.41, 5.74) is 3.77. The van der Waals surface area contributed by atoms with E-state index in [0.717, 1.165) is 12.0 Å². The lowest BCUT2D eigenvalue weighted by Crippen LogP contribution is -2.27. The largest absolute Gasteiger partial charge is 0.453 e. The number of amides is 1. The molecule has 4 nitrogen and oxygen atoms in total. The molecule has 4 heteroatoms. The number of hydrogen-bond acceptors (Lipinski definition) is 3. The number of carbonyl (C=O) groups excluding carboxylic acids is 2. The average molecular weight is 309 g/mol. The minimum atomic E-state index is -0.474. The van der Waals surface area contributed by atoms with Gasteiger partial charge in [0.15, 0.2) is 0 Å². The number of ether oxygens (including phenoxy) is 1. The Hall–Kier alpha value is -2.62. The Labute approximate surface area is 135 Å². The van der Waals surface area contributed by atoms with Crippen LogP contribution in [-0.4, -0.2) is 18.4 Å².